The second kappa shape index (κ2) is 6.76. The number of aliphatic hydroxyl groups is 1. The highest BCUT2D eigenvalue weighted by molar-refractivity contribution is 7.92. The summed E-state index contributed by atoms with van der Waals surface area (Å²) in [4.78, 5) is 9.95. The van der Waals surface area contributed by atoms with Crippen LogP contribution in [0.1, 0.15) is 17.2 Å². The molecule has 1 atom stereocenters. The molecule has 0 heterocycles. The van der Waals surface area contributed by atoms with Gasteiger partial charge < -0.3 is 5.11 Å². The van der Waals surface area contributed by atoms with Crippen molar-refractivity contribution in [2.24, 2.45) is 0 Å². The van der Waals surface area contributed by atoms with Gasteiger partial charge in [0.25, 0.3) is 10.0 Å². The topological polar surface area (TPSA) is 110 Å². The molecule has 23 heavy (non-hydrogen) atoms. The number of benzene rings is 2. The standard InChI is InChI=1S/C15H16N2O5S/c1-11-6-8-12(9-7-11)23(21,22)16-14-5-3-2-4-13(14)15(18)10-17(19)20/h2-9,15-16,18H,10H2,1H3/t15-/m1/s1. The Morgan fingerprint density at radius 1 is 1.17 bits per heavy atom. The molecule has 0 spiro atoms. The molecule has 2 aromatic rings. The van der Waals surface area contributed by atoms with Gasteiger partial charge in [-0.25, -0.2) is 8.42 Å². The zero-order valence-electron chi connectivity index (χ0n) is 12.3. The average Bonchev–Trinajstić information content (AvgIpc) is 2.47. The summed E-state index contributed by atoms with van der Waals surface area (Å²) in [6.45, 7) is 1.14. The fourth-order valence-corrected chi connectivity index (χ4v) is 3.13. The fraction of sp³-hybridized carbons (Fsp3) is 0.200. The van der Waals surface area contributed by atoms with E-state index in [0.29, 0.717) is 0 Å². The van der Waals surface area contributed by atoms with Crippen molar-refractivity contribution in [2.45, 2.75) is 17.9 Å². The molecule has 0 radical (unpaired) electrons. The number of nitrogens with one attached hydrogen (secondary N) is 1. The van der Waals surface area contributed by atoms with Crippen molar-refractivity contribution in [3.8, 4) is 0 Å². The quantitative estimate of drug-likeness (QED) is 0.620. The van der Waals surface area contributed by atoms with Gasteiger partial charge in [0.1, 0.15) is 6.10 Å². The Morgan fingerprint density at radius 3 is 2.39 bits per heavy atom. The number of para-hydroxylation sites is 1. The van der Waals surface area contributed by atoms with Gasteiger partial charge in [-0.15, -0.1) is 0 Å². The molecule has 122 valence electrons. The first-order chi connectivity index (χ1) is 10.8. The zero-order valence-corrected chi connectivity index (χ0v) is 13.2. The maximum atomic E-state index is 12.4. The summed E-state index contributed by atoms with van der Waals surface area (Å²) in [7, 11) is -3.85. The third-order valence-corrected chi connectivity index (χ3v) is 4.60. The third kappa shape index (κ3) is 4.27. The summed E-state index contributed by atoms with van der Waals surface area (Å²) >= 11 is 0. The lowest BCUT2D eigenvalue weighted by molar-refractivity contribution is -0.491. The van der Waals surface area contributed by atoms with Crippen LogP contribution in [0.3, 0.4) is 0 Å². The molecule has 0 amide bonds. The van der Waals surface area contributed by atoms with E-state index in [2.05, 4.69) is 4.72 Å². The number of anilines is 1. The Labute approximate surface area is 133 Å². The lowest BCUT2D eigenvalue weighted by Crippen LogP contribution is -2.17. The smallest absolute Gasteiger partial charge is 0.261 e. The van der Waals surface area contributed by atoms with E-state index in [9.17, 15) is 23.6 Å². The summed E-state index contributed by atoms with van der Waals surface area (Å²) in [5.41, 5.74) is 1.19. The predicted molar refractivity (Wildman–Crippen MR) is 85.3 cm³/mol. The first-order valence-corrected chi connectivity index (χ1v) is 8.26. The lowest BCUT2D eigenvalue weighted by atomic mass is 10.1. The van der Waals surface area contributed by atoms with Gasteiger partial charge in [0.2, 0.25) is 6.54 Å². The molecule has 0 aromatic heterocycles. The number of nitrogens with zero attached hydrogens (tertiary/aromatic N) is 1. The molecule has 0 fully saturated rings. The number of rotatable bonds is 6. The zero-order chi connectivity index (χ0) is 17.0. The number of hydrogen-bond donors (Lipinski definition) is 2. The number of aryl methyl sites for hydroxylation is 1. The van der Waals surface area contributed by atoms with E-state index in [1.807, 2.05) is 6.92 Å². The van der Waals surface area contributed by atoms with Gasteiger partial charge in [-0.3, -0.25) is 14.8 Å². The highest BCUT2D eigenvalue weighted by Gasteiger charge is 2.21. The molecule has 0 aliphatic rings. The number of sulfonamides is 1. The highest BCUT2D eigenvalue weighted by Crippen LogP contribution is 2.25. The highest BCUT2D eigenvalue weighted by atomic mass is 32.2. The summed E-state index contributed by atoms with van der Waals surface area (Å²) in [6, 6.07) is 12.3. The first-order valence-electron chi connectivity index (χ1n) is 6.78. The van der Waals surface area contributed by atoms with E-state index in [0.717, 1.165) is 5.56 Å². The van der Waals surface area contributed by atoms with Crippen LogP contribution >= 0.6 is 0 Å². The molecule has 0 unspecified atom stereocenters. The van der Waals surface area contributed by atoms with Crippen molar-refractivity contribution >= 4 is 15.7 Å². The first kappa shape index (κ1) is 16.9. The maximum absolute atomic E-state index is 12.4. The van der Waals surface area contributed by atoms with E-state index in [-0.39, 0.29) is 16.1 Å². The van der Waals surface area contributed by atoms with Gasteiger partial charge in [-0.2, -0.15) is 0 Å². The fourth-order valence-electron chi connectivity index (χ4n) is 2.04. The average molecular weight is 336 g/mol. The molecule has 0 aliphatic carbocycles. The van der Waals surface area contributed by atoms with Gasteiger partial charge in [-0.05, 0) is 25.1 Å². The van der Waals surface area contributed by atoms with Crippen molar-refractivity contribution in [2.75, 3.05) is 11.3 Å². The van der Waals surface area contributed by atoms with Crippen molar-refractivity contribution in [1.29, 1.82) is 0 Å². The molecule has 0 aliphatic heterocycles. The monoisotopic (exact) mass is 336 g/mol. The van der Waals surface area contributed by atoms with E-state index < -0.39 is 27.6 Å². The summed E-state index contributed by atoms with van der Waals surface area (Å²) < 4.78 is 27.1. The number of hydrogen-bond acceptors (Lipinski definition) is 5. The largest absolute Gasteiger partial charge is 0.381 e. The van der Waals surface area contributed by atoms with Crippen LogP contribution in [0.5, 0.6) is 0 Å². The molecular formula is C15H16N2O5S. The molecule has 7 nitrogen and oxygen atoms in total. The molecule has 8 heteroatoms. The minimum atomic E-state index is -3.85. The van der Waals surface area contributed by atoms with Gasteiger partial charge in [0.05, 0.1) is 10.6 Å². The van der Waals surface area contributed by atoms with Crippen LogP contribution in [0.4, 0.5) is 5.69 Å². The van der Waals surface area contributed by atoms with E-state index in [1.165, 1.54) is 24.3 Å². The van der Waals surface area contributed by atoms with Gasteiger partial charge in [-0.1, -0.05) is 35.9 Å². The molecule has 2 N–H and O–H groups in total. The Bertz CT molecular complexity index is 803. The van der Waals surface area contributed by atoms with Crippen LogP contribution in [-0.4, -0.2) is 25.0 Å². The van der Waals surface area contributed by atoms with Crippen LogP contribution in [0.2, 0.25) is 0 Å². The minimum absolute atomic E-state index is 0.0710. The van der Waals surface area contributed by atoms with Crippen molar-refractivity contribution < 1.29 is 18.4 Å². The Kier molecular flexibility index (Phi) is 4.97. The lowest BCUT2D eigenvalue weighted by Gasteiger charge is -2.14. The second-order valence-electron chi connectivity index (χ2n) is 5.04. The van der Waals surface area contributed by atoms with Crippen LogP contribution < -0.4 is 4.72 Å². The summed E-state index contributed by atoms with van der Waals surface area (Å²) in [5.74, 6) is 0. The summed E-state index contributed by atoms with van der Waals surface area (Å²) in [6.07, 6.45) is -1.40. The van der Waals surface area contributed by atoms with E-state index in [1.54, 1.807) is 24.3 Å². The Balaban J connectivity index is 2.32. The molecular weight excluding hydrogens is 320 g/mol. The SMILES string of the molecule is Cc1ccc(S(=O)(=O)Nc2ccccc2[C@H](O)C[N+](=O)[O-])cc1. The second-order valence-corrected chi connectivity index (χ2v) is 6.72. The third-order valence-electron chi connectivity index (χ3n) is 3.22. The molecule has 0 saturated heterocycles. The number of nitro groups is 1. The maximum Gasteiger partial charge on any atom is 0.261 e. The van der Waals surface area contributed by atoms with Crippen molar-refractivity contribution in [1.82, 2.24) is 0 Å². The van der Waals surface area contributed by atoms with Crippen LogP contribution in [0, 0.1) is 17.0 Å². The predicted octanol–water partition coefficient (Wildman–Crippen LogP) is 2.11. The van der Waals surface area contributed by atoms with Crippen LogP contribution in [0.15, 0.2) is 53.4 Å². The molecule has 0 bridgehead atoms. The Hall–Kier alpha value is -2.45. The molecule has 2 aromatic carbocycles. The molecule has 0 saturated carbocycles. The van der Waals surface area contributed by atoms with Gasteiger partial charge >= 0.3 is 0 Å². The summed E-state index contributed by atoms with van der Waals surface area (Å²) in [5, 5.41) is 20.4. The van der Waals surface area contributed by atoms with Crippen LogP contribution in [0.25, 0.3) is 0 Å². The van der Waals surface area contributed by atoms with Crippen molar-refractivity contribution in [3.63, 3.8) is 0 Å². The van der Waals surface area contributed by atoms with Crippen LogP contribution in [-0.2, 0) is 10.0 Å². The van der Waals surface area contributed by atoms with Gasteiger partial charge in [0, 0.05) is 10.5 Å². The normalized spacial score (nSPS) is 12.6. The van der Waals surface area contributed by atoms with Crippen molar-refractivity contribution in [3.05, 3.63) is 69.8 Å². The van der Waals surface area contributed by atoms with Gasteiger partial charge in [0.15, 0.2) is 0 Å². The number of aliphatic hydroxyl groups excluding tert-OH is 1. The molecule has 2 rings (SSSR count). The van der Waals surface area contributed by atoms with E-state index >= 15 is 0 Å². The Morgan fingerprint density at radius 2 is 1.78 bits per heavy atom. The van der Waals surface area contributed by atoms with E-state index in [4.69, 9.17) is 0 Å². The minimum Gasteiger partial charge on any atom is -0.381 e.